The SMILES string of the molecule is Cc1cc(-c2cn(C)nc2[C@@H]2CCCCN2C(=O)Cc2cc(F)ccc2F)on1. The highest BCUT2D eigenvalue weighted by atomic mass is 19.1. The van der Waals surface area contributed by atoms with E-state index < -0.39 is 11.6 Å². The maximum Gasteiger partial charge on any atom is 0.227 e. The molecule has 3 heterocycles. The highest BCUT2D eigenvalue weighted by Gasteiger charge is 2.33. The summed E-state index contributed by atoms with van der Waals surface area (Å²) in [6.45, 7) is 2.39. The molecule has 1 aliphatic rings. The molecular weight excluding hydrogens is 378 g/mol. The number of hydrogen-bond donors (Lipinski definition) is 0. The van der Waals surface area contributed by atoms with E-state index in [2.05, 4.69) is 10.3 Å². The number of amides is 1. The van der Waals surface area contributed by atoms with Crippen molar-refractivity contribution in [1.82, 2.24) is 19.8 Å². The third kappa shape index (κ3) is 3.92. The van der Waals surface area contributed by atoms with Crippen LogP contribution in [0.15, 0.2) is 35.0 Å². The number of nitrogens with zero attached hydrogens (tertiary/aromatic N) is 4. The molecule has 4 rings (SSSR count). The summed E-state index contributed by atoms with van der Waals surface area (Å²) in [5.41, 5.74) is 2.34. The van der Waals surface area contributed by atoms with Crippen molar-refractivity contribution in [1.29, 1.82) is 0 Å². The Morgan fingerprint density at radius 3 is 2.86 bits per heavy atom. The maximum absolute atomic E-state index is 14.0. The molecule has 1 amide bonds. The van der Waals surface area contributed by atoms with Gasteiger partial charge in [0, 0.05) is 31.4 Å². The summed E-state index contributed by atoms with van der Waals surface area (Å²) in [6.07, 6.45) is 4.21. The van der Waals surface area contributed by atoms with Crippen LogP contribution in [0.2, 0.25) is 0 Å². The Morgan fingerprint density at radius 2 is 2.10 bits per heavy atom. The lowest BCUT2D eigenvalue weighted by molar-refractivity contribution is -0.134. The summed E-state index contributed by atoms with van der Waals surface area (Å²) < 4.78 is 34.6. The van der Waals surface area contributed by atoms with Gasteiger partial charge < -0.3 is 9.42 Å². The predicted molar refractivity (Wildman–Crippen MR) is 102 cm³/mol. The first-order valence-corrected chi connectivity index (χ1v) is 9.63. The number of halogens is 2. The van der Waals surface area contributed by atoms with Gasteiger partial charge in [-0.3, -0.25) is 9.48 Å². The van der Waals surface area contributed by atoms with Crippen molar-refractivity contribution >= 4 is 5.91 Å². The van der Waals surface area contributed by atoms with Crippen molar-refractivity contribution in [3.63, 3.8) is 0 Å². The molecule has 29 heavy (non-hydrogen) atoms. The van der Waals surface area contributed by atoms with E-state index in [1.807, 2.05) is 26.2 Å². The Balaban J connectivity index is 1.65. The van der Waals surface area contributed by atoms with Crippen molar-refractivity contribution in [3.8, 4) is 11.3 Å². The van der Waals surface area contributed by atoms with Crippen molar-refractivity contribution in [2.24, 2.45) is 7.05 Å². The predicted octanol–water partition coefficient (Wildman–Crippen LogP) is 3.96. The summed E-state index contributed by atoms with van der Waals surface area (Å²) in [5, 5.41) is 8.54. The summed E-state index contributed by atoms with van der Waals surface area (Å²) in [7, 11) is 1.81. The van der Waals surface area contributed by atoms with Crippen LogP contribution in [-0.2, 0) is 18.3 Å². The Labute approximate surface area is 167 Å². The van der Waals surface area contributed by atoms with Crippen molar-refractivity contribution in [2.45, 2.75) is 38.6 Å². The van der Waals surface area contributed by atoms with E-state index in [-0.39, 0.29) is 23.9 Å². The highest BCUT2D eigenvalue weighted by Crippen LogP contribution is 2.36. The molecule has 0 N–H and O–H groups in total. The van der Waals surface area contributed by atoms with Gasteiger partial charge in [-0.1, -0.05) is 5.16 Å². The van der Waals surface area contributed by atoms with Gasteiger partial charge >= 0.3 is 0 Å². The van der Waals surface area contributed by atoms with Crippen LogP contribution >= 0.6 is 0 Å². The molecule has 152 valence electrons. The van der Waals surface area contributed by atoms with Crippen LogP contribution in [0.5, 0.6) is 0 Å². The Morgan fingerprint density at radius 1 is 1.28 bits per heavy atom. The fourth-order valence-electron chi connectivity index (χ4n) is 3.89. The molecule has 1 aliphatic heterocycles. The topological polar surface area (TPSA) is 64.2 Å². The number of aromatic nitrogens is 3. The van der Waals surface area contributed by atoms with Crippen molar-refractivity contribution < 1.29 is 18.1 Å². The molecule has 8 heteroatoms. The zero-order chi connectivity index (χ0) is 20.5. The van der Waals surface area contributed by atoms with Crippen LogP contribution < -0.4 is 0 Å². The minimum atomic E-state index is -0.580. The van der Waals surface area contributed by atoms with Gasteiger partial charge in [0.2, 0.25) is 5.91 Å². The van der Waals surface area contributed by atoms with Gasteiger partial charge in [-0.2, -0.15) is 5.10 Å². The summed E-state index contributed by atoms with van der Waals surface area (Å²) in [5.74, 6) is -0.787. The van der Waals surface area contributed by atoms with E-state index in [0.717, 1.165) is 54.4 Å². The Bertz CT molecular complexity index is 1040. The highest BCUT2D eigenvalue weighted by molar-refractivity contribution is 5.79. The second-order valence-corrected chi connectivity index (χ2v) is 7.45. The molecule has 0 bridgehead atoms. The van der Waals surface area contributed by atoms with Crippen molar-refractivity contribution in [2.75, 3.05) is 6.54 Å². The molecule has 0 unspecified atom stereocenters. The van der Waals surface area contributed by atoms with Gasteiger partial charge in [0.1, 0.15) is 11.6 Å². The van der Waals surface area contributed by atoms with Crippen LogP contribution in [0, 0.1) is 18.6 Å². The van der Waals surface area contributed by atoms with Crippen LogP contribution in [0.3, 0.4) is 0 Å². The average Bonchev–Trinajstić information content (AvgIpc) is 3.30. The maximum atomic E-state index is 14.0. The molecule has 0 spiro atoms. The quantitative estimate of drug-likeness (QED) is 0.665. The Hall–Kier alpha value is -3.03. The third-order valence-electron chi connectivity index (χ3n) is 5.24. The molecule has 1 saturated heterocycles. The zero-order valence-electron chi connectivity index (χ0n) is 16.4. The van der Waals surface area contributed by atoms with Crippen molar-refractivity contribution in [3.05, 3.63) is 59.0 Å². The first kappa shape index (κ1) is 19.3. The molecule has 0 saturated carbocycles. The molecule has 6 nitrogen and oxygen atoms in total. The monoisotopic (exact) mass is 400 g/mol. The fourth-order valence-corrected chi connectivity index (χ4v) is 3.89. The van der Waals surface area contributed by atoms with Gasteiger partial charge in [0.25, 0.3) is 0 Å². The van der Waals surface area contributed by atoms with Gasteiger partial charge in [0.15, 0.2) is 5.76 Å². The van der Waals surface area contributed by atoms with Gasteiger partial charge in [0.05, 0.1) is 29.4 Å². The van der Waals surface area contributed by atoms with Gasteiger partial charge in [-0.15, -0.1) is 0 Å². The normalized spacial score (nSPS) is 17.0. The van der Waals surface area contributed by atoms with E-state index in [0.29, 0.717) is 12.3 Å². The van der Waals surface area contributed by atoms with Crippen LogP contribution in [-0.4, -0.2) is 32.3 Å². The van der Waals surface area contributed by atoms with E-state index in [4.69, 9.17) is 4.52 Å². The van der Waals surface area contributed by atoms with Gasteiger partial charge in [-0.25, -0.2) is 8.78 Å². The second kappa shape index (κ2) is 7.77. The number of carbonyl (C=O) groups is 1. The number of hydrogen-bond acceptors (Lipinski definition) is 4. The first-order valence-electron chi connectivity index (χ1n) is 9.63. The molecule has 1 atom stereocenters. The van der Waals surface area contributed by atoms with Crippen LogP contribution in [0.25, 0.3) is 11.3 Å². The number of piperidine rings is 1. The Kier molecular flexibility index (Phi) is 5.17. The minimum Gasteiger partial charge on any atom is -0.356 e. The van der Waals surface area contributed by atoms with E-state index in [9.17, 15) is 13.6 Å². The van der Waals surface area contributed by atoms with Gasteiger partial charge in [-0.05, 0) is 44.4 Å². The van der Waals surface area contributed by atoms with E-state index in [1.54, 1.807) is 9.58 Å². The number of likely N-dealkylation sites (tertiary alicyclic amines) is 1. The standard InChI is InChI=1S/C21H22F2N4O2/c1-13-9-19(29-25-13)16-12-26(2)24-21(16)18-5-3-4-8-27(18)20(28)11-14-10-15(22)6-7-17(14)23/h6-7,9-10,12,18H,3-5,8,11H2,1-2H3/t18-/m0/s1. The molecule has 1 fully saturated rings. The number of rotatable bonds is 4. The number of benzene rings is 1. The molecule has 2 aromatic heterocycles. The molecule has 0 aliphatic carbocycles. The summed E-state index contributed by atoms with van der Waals surface area (Å²) in [6, 6.07) is 4.75. The lowest BCUT2D eigenvalue weighted by Gasteiger charge is -2.35. The first-order chi connectivity index (χ1) is 13.9. The zero-order valence-corrected chi connectivity index (χ0v) is 16.4. The lowest BCUT2D eigenvalue weighted by atomic mass is 9.95. The minimum absolute atomic E-state index is 0.0615. The molecule has 3 aromatic rings. The van der Waals surface area contributed by atoms with E-state index in [1.165, 1.54) is 0 Å². The molecule has 0 radical (unpaired) electrons. The number of aryl methyl sites for hydroxylation is 2. The average molecular weight is 400 g/mol. The summed E-state index contributed by atoms with van der Waals surface area (Å²) >= 11 is 0. The third-order valence-corrected chi connectivity index (χ3v) is 5.24. The smallest absolute Gasteiger partial charge is 0.227 e. The summed E-state index contributed by atoms with van der Waals surface area (Å²) in [4.78, 5) is 14.8. The number of carbonyl (C=O) groups excluding carboxylic acids is 1. The fraction of sp³-hybridized carbons (Fsp3) is 0.381. The molecule has 1 aromatic carbocycles. The van der Waals surface area contributed by atoms with Crippen LogP contribution in [0.1, 0.15) is 42.3 Å². The van der Waals surface area contributed by atoms with E-state index >= 15 is 0 Å². The largest absolute Gasteiger partial charge is 0.356 e. The van der Waals surface area contributed by atoms with Crippen LogP contribution in [0.4, 0.5) is 8.78 Å². The molecular formula is C21H22F2N4O2. The second-order valence-electron chi connectivity index (χ2n) is 7.45. The lowest BCUT2D eigenvalue weighted by Crippen LogP contribution is -2.40.